The van der Waals surface area contributed by atoms with Gasteiger partial charge in [-0.1, -0.05) is 6.07 Å². The average Bonchev–Trinajstić information content (AvgIpc) is 2.58. The van der Waals surface area contributed by atoms with Gasteiger partial charge in [-0.3, -0.25) is 0 Å². The van der Waals surface area contributed by atoms with Crippen LogP contribution in [-0.4, -0.2) is 5.97 Å². The van der Waals surface area contributed by atoms with E-state index in [9.17, 15) is 23.1 Å². The molecule has 0 aliphatic heterocycles. The molecule has 0 amide bonds. The number of benzene rings is 1. The Kier molecular flexibility index (Phi) is 2.38. The molecule has 6 heteroatoms. The molecule has 0 saturated heterocycles. The number of thiophene rings is 1. The lowest BCUT2D eigenvalue weighted by Gasteiger charge is -2.05. The van der Waals surface area contributed by atoms with Crippen LogP contribution in [0.25, 0.3) is 10.1 Å². The SMILES string of the molecule is O=C([O-])c1cc2ccc(C(F)(F)F)cc2s1. The van der Waals surface area contributed by atoms with Crippen molar-refractivity contribution < 1.29 is 23.1 Å². The van der Waals surface area contributed by atoms with Crippen molar-refractivity contribution in [1.82, 2.24) is 0 Å². The number of carbonyl (C=O) groups is 1. The predicted molar refractivity (Wildman–Crippen MR) is 51.2 cm³/mol. The van der Waals surface area contributed by atoms with E-state index in [1.807, 2.05) is 0 Å². The van der Waals surface area contributed by atoms with E-state index in [-0.39, 0.29) is 9.58 Å². The van der Waals surface area contributed by atoms with E-state index >= 15 is 0 Å². The van der Waals surface area contributed by atoms with Crippen molar-refractivity contribution in [3.63, 3.8) is 0 Å². The van der Waals surface area contributed by atoms with Gasteiger partial charge >= 0.3 is 6.18 Å². The molecule has 1 aromatic carbocycles. The number of carboxylic acid groups (broad SMARTS) is 1. The van der Waals surface area contributed by atoms with Crippen LogP contribution >= 0.6 is 11.3 Å². The lowest BCUT2D eigenvalue weighted by Crippen LogP contribution is -2.20. The number of aromatic carboxylic acids is 1. The van der Waals surface area contributed by atoms with Crippen molar-refractivity contribution in [2.45, 2.75) is 6.18 Å². The summed E-state index contributed by atoms with van der Waals surface area (Å²) in [6.45, 7) is 0. The van der Waals surface area contributed by atoms with Crippen LogP contribution in [0.15, 0.2) is 24.3 Å². The smallest absolute Gasteiger partial charge is 0.416 e. The number of alkyl halides is 3. The highest BCUT2D eigenvalue weighted by Crippen LogP contribution is 2.34. The van der Waals surface area contributed by atoms with Crippen molar-refractivity contribution in [1.29, 1.82) is 0 Å². The first-order valence-electron chi connectivity index (χ1n) is 4.20. The van der Waals surface area contributed by atoms with Gasteiger partial charge in [-0.2, -0.15) is 13.2 Å². The number of hydrogen-bond acceptors (Lipinski definition) is 3. The summed E-state index contributed by atoms with van der Waals surface area (Å²) in [7, 11) is 0. The van der Waals surface area contributed by atoms with Crippen LogP contribution in [0.3, 0.4) is 0 Å². The van der Waals surface area contributed by atoms with E-state index < -0.39 is 17.7 Å². The Labute approximate surface area is 91.9 Å². The molecule has 16 heavy (non-hydrogen) atoms. The minimum absolute atomic E-state index is 0.0747. The summed E-state index contributed by atoms with van der Waals surface area (Å²) < 4.78 is 37.4. The van der Waals surface area contributed by atoms with Gasteiger partial charge < -0.3 is 9.90 Å². The van der Waals surface area contributed by atoms with Crippen molar-refractivity contribution in [2.24, 2.45) is 0 Å². The fourth-order valence-electron chi connectivity index (χ4n) is 1.31. The normalized spacial score (nSPS) is 11.9. The van der Waals surface area contributed by atoms with Gasteiger partial charge in [-0.05, 0) is 23.6 Å². The Balaban J connectivity index is 2.58. The van der Waals surface area contributed by atoms with Gasteiger partial charge in [-0.25, -0.2) is 0 Å². The third kappa shape index (κ3) is 1.88. The Morgan fingerprint density at radius 2 is 1.94 bits per heavy atom. The Bertz CT molecular complexity index is 557. The number of halogens is 3. The van der Waals surface area contributed by atoms with Crippen LogP contribution in [0.2, 0.25) is 0 Å². The summed E-state index contributed by atoms with van der Waals surface area (Å²) in [4.78, 5) is 10.5. The van der Waals surface area contributed by atoms with E-state index in [2.05, 4.69) is 0 Å². The van der Waals surface area contributed by atoms with E-state index in [1.54, 1.807) is 0 Å². The zero-order valence-corrected chi connectivity index (χ0v) is 8.48. The van der Waals surface area contributed by atoms with Crippen molar-refractivity contribution in [3.8, 4) is 0 Å². The Morgan fingerprint density at radius 3 is 2.50 bits per heavy atom. The summed E-state index contributed by atoms with van der Waals surface area (Å²) in [5.74, 6) is -1.38. The molecule has 1 aromatic heterocycles. The van der Waals surface area contributed by atoms with E-state index in [0.29, 0.717) is 5.39 Å². The topological polar surface area (TPSA) is 40.1 Å². The average molecular weight is 245 g/mol. The van der Waals surface area contributed by atoms with E-state index in [4.69, 9.17) is 0 Å². The van der Waals surface area contributed by atoms with Gasteiger partial charge in [-0.15, -0.1) is 11.3 Å². The number of fused-ring (bicyclic) bond motifs is 1. The highest BCUT2D eigenvalue weighted by Gasteiger charge is 2.30. The Hall–Kier alpha value is -1.56. The molecule has 0 saturated carbocycles. The van der Waals surface area contributed by atoms with Gasteiger partial charge in [0.05, 0.1) is 16.4 Å². The molecule has 0 fully saturated rings. The zero-order valence-electron chi connectivity index (χ0n) is 7.67. The molecule has 2 rings (SSSR count). The fourth-order valence-corrected chi connectivity index (χ4v) is 2.24. The molecule has 0 atom stereocenters. The monoisotopic (exact) mass is 245 g/mol. The van der Waals surface area contributed by atoms with Gasteiger partial charge in [0.15, 0.2) is 0 Å². The number of carboxylic acids is 1. The molecule has 0 aliphatic rings. The van der Waals surface area contributed by atoms with Crippen molar-refractivity contribution in [3.05, 3.63) is 34.7 Å². The maximum atomic E-state index is 12.4. The standard InChI is InChI=1S/C10H5F3O2S/c11-10(12,13)6-2-1-5-3-8(9(14)15)16-7(5)4-6/h1-4H,(H,14,15)/p-1. The second kappa shape index (κ2) is 3.48. The molecule has 0 aliphatic carbocycles. The van der Waals surface area contributed by atoms with Crippen molar-refractivity contribution in [2.75, 3.05) is 0 Å². The lowest BCUT2D eigenvalue weighted by atomic mass is 10.1. The second-order valence-electron chi connectivity index (χ2n) is 3.15. The molecule has 2 nitrogen and oxygen atoms in total. The third-order valence-corrected chi connectivity index (χ3v) is 3.13. The maximum absolute atomic E-state index is 12.4. The molecule has 2 aromatic rings. The number of rotatable bonds is 1. The first-order chi connectivity index (χ1) is 7.38. The molecule has 0 unspecified atom stereocenters. The molecule has 0 N–H and O–H groups in total. The first-order valence-corrected chi connectivity index (χ1v) is 5.02. The zero-order chi connectivity index (χ0) is 11.9. The highest BCUT2D eigenvalue weighted by atomic mass is 32.1. The van der Waals surface area contributed by atoms with Crippen LogP contribution in [0, 0.1) is 0 Å². The van der Waals surface area contributed by atoms with Crippen LogP contribution < -0.4 is 5.11 Å². The van der Waals surface area contributed by atoms with Gasteiger partial charge in [0, 0.05) is 4.70 Å². The van der Waals surface area contributed by atoms with Crippen molar-refractivity contribution >= 4 is 27.4 Å². The lowest BCUT2D eigenvalue weighted by molar-refractivity contribution is -0.254. The second-order valence-corrected chi connectivity index (χ2v) is 4.23. The van der Waals surface area contributed by atoms with Crippen LogP contribution in [-0.2, 0) is 6.18 Å². The molecule has 84 valence electrons. The summed E-state index contributed by atoms with van der Waals surface area (Å²) in [5.41, 5.74) is -0.785. The summed E-state index contributed by atoms with van der Waals surface area (Å²) in [6.07, 6.45) is -4.42. The molecular weight excluding hydrogens is 241 g/mol. The summed E-state index contributed by atoms with van der Waals surface area (Å²) >= 11 is 0.774. The minimum atomic E-state index is -4.42. The van der Waals surface area contributed by atoms with E-state index in [1.165, 1.54) is 12.1 Å². The fraction of sp³-hybridized carbons (Fsp3) is 0.100. The largest absolute Gasteiger partial charge is 0.544 e. The minimum Gasteiger partial charge on any atom is -0.544 e. The van der Waals surface area contributed by atoms with Crippen LogP contribution in [0.4, 0.5) is 13.2 Å². The van der Waals surface area contributed by atoms with Crippen LogP contribution in [0.1, 0.15) is 15.2 Å². The van der Waals surface area contributed by atoms with E-state index in [0.717, 1.165) is 23.5 Å². The van der Waals surface area contributed by atoms with Crippen LogP contribution in [0.5, 0.6) is 0 Å². The number of hydrogen-bond donors (Lipinski definition) is 0. The summed E-state index contributed by atoms with van der Waals surface area (Å²) in [5, 5.41) is 11.0. The molecule has 0 spiro atoms. The predicted octanol–water partition coefficient (Wildman–Crippen LogP) is 2.28. The third-order valence-electron chi connectivity index (χ3n) is 2.05. The maximum Gasteiger partial charge on any atom is 0.416 e. The quantitative estimate of drug-likeness (QED) is 0.773. The van der Waals surface area contributed by atoms with Gasteiger partial charge in [0.25, 0.3) is 0 Å². The molecule has 0 radical (unpaired) electrons. The molecular formula is C10H4F3O2S-. The highest BCUT2D eigenvalue weighted by molar-refractivity contribution is 7.20. The molecule has 1 heterocycles. The Morgan fingerprint density at radius 1 is 1.25 bits per heavy atom. The first kappa shape index (κ1) is 10.9. The van der Waals surface area contributed by atoms with Gasteiger partial charge in [0.2, 0.25) is 0 Å². The molecule has 0 bridgehead atoms. The van der Waals surface area contributed by atoms with Gasteiger partial charge in [0.1, 0.15) is 0 Å². The number of carbonyl (C=O) groups excluding carboxylic acids is 1. The summed E-state index contributed by atoms with van der Waals surface area (Å²) in [6, 6.07) is 4.41.